The lowest BCUT2D eigenvalue weighted by Gasteiger charge is -2.07. The van der Waals surface area contributed by atoms with Crippen molar-refractivity contribution in [3.8, 4) is 11.5 Å². The summed E-state index contributed by atoms with van der Waals surface area (Å²) >= 11 is 11.7. The average Bonchev–Trinajstić information content (AvgIpc) is 2.26. The molecule has 0 spiro atoms. The average molecular weight is 255 g/mol. The Labute approximate surface area is 103 Å². The van der Waals surface area contributed by atoms with Crippen LogP contribution in [0.3, 0.4) is 0 Å². The van der Waals surface area contributed by atoms with Crippen LogP contribution >= 0.6 is 23.2 Å². The van der Waals surface area contributed by atoms with Crippen LogP contribution in [-0.2, 0) is 0 Å². The van der Waals surface area contributed by atoms with Gasteiger partial charge in [0.25, 0.3) is 0 Å². The normalized spacial score (nSPS) is 10.2. The van der Waals surface area contributed by atoms with Gasteiger partial charge in [0.1, 0.15) is 12.1 Å². The monoisotopic (exact) mass is 254 g/mol. The molecule has 1 aromatic carbocycles. The summed E-state index contributed by atoms with van der Waals surface area (Å²) in [5, 5.41) is 0.390. The molecule has 82 valence electrons. The lowest BCUT2D eigenvalue weighted by atomic mass is 10.2. The molecule has 0 aliphatic carbocycles. The lowest BCUT2D eigenvalue weighted by Crippen LogP contribution is -1.90. The van der Waals surface area contributed by atoms with Crippen LogP contribution in [0.25, 0.3) is 0 Å². The van der Waals surface area contributed by atoms with Crippen molar-refractivity contribution in [3.05, 3.63) is 46.5 Å². The van der Waals surface area contributed by atoms with E-state index < -0.39 is 0 Å². The molecular formula is C11H8Cl2N2O. The molecule has 0 amide bonds. The van der Waals surface area contributed by atoms with Crippen molar-refractivity contribution in [2.45, 2.75) is 6.92 Å². The molecule has 0 saturated carbocycles. The first kappa shape index (κ1) is 11.2. The van der Waals surface area contributed by atoms with E-state index in [1.54, 1.807) is 0 Å². The summed E-state index contributed by atoms with van der Waals surface area (Å²) in [6.07, 6.45) is 1.28. The van der Waals surface area contributed by atoms with Gasteiger partial charge in [-0.25, -0.2) is 9.97 Å². The summed E-state index contributed by atoms with van der Waals surface area (Å²) in [4.78, 5) is 7.60. The summed E-state index contributed by atoms with van der Waals surface area (Å²) in [5.74, 6) is 0.916. The van der Waals surface area contributed by atoms with Crippen LogP contribution in [0.4, 0.5) is 0 Å². The molecule has 0 aliphatic rings. The number of aryl methyl sites for hydroxylation is 1. The third-order valence-corrected chi connectivity index (χ3v) is 2.50. The minimum atomic E-state index is 0.195. The number of rotatable bonds is 2. The third-order valence-electron chi connectivity index (χ3n) is 1.96. The fraction of sp³-hybridized carbons (Fsp3) is 0.0909. The van der Waals surface area contributed by atoms with Gasteiger partial charge in [-0.1, -0.05) is 40.9 Å². The first-order valence-corrected chi connectivity index (χ1v) is 5.33. The van der Waals surface area contributed by atoms with Gasteiger partial charge in [-0.2, -0.15) is 0 Å². The second-order valence-electron chi connectivity index (χ2n) is 3.20. The summed E-state index contributed by atoms with van der Waals surface area (Å²) < 4.78 is 5.51. The molecule has 2 aromatic rings. The van der Waals surface area contributed by atoms with Gasteiger partial charge in [0, 0.05) is 0 Å². The summed E-state index contributed by atoms with van der Waals surface area (Å²) in [6, 6.07) is 7.52. The Morgan fingerprint density at radius 2 is 1.56 bits per heavy atom. The van der Waals surface area contributed by atoms with E-state index >= 15 is 0 Å². The van der Waals surface area contributed by atoms with Crippen LogP contribution in [0, 0.1) is 6.92 Å². The Hall–Kier alpha value is -1.32. The Kier molecular flexibility index (Phi) is 3.27. The molecule has 0 N–H and O–H groups in total. The van der Waals surface area contributed by atoms with Crippen molar-refractivity contribution in [1.29, 1.82) is 0 Å². The Morgan fingerprint density at radius 1 is 1.00 bits per heavy atom. The van der Waals surface area contributed by atoms with Crippen LogP contribution in [0.5, 0.6) is 11.5 Å². The van der Waals surface area contributed by atoms with Crippen molar-refractivity contribution in [3.63, 3.8) is 0 Å². The van der Waals surface area contributed by atoms with E-state index in [0.717, 1.165) is 5.56 Å². The number of hydrogen-bond donors (Lipinski definition) is 0. The minimum absolute atomic E-state index is 0.195. The quantitative estimate of drug-likeness (QED) is 0.763. The molecule has 3 nitrogen and oxygen atoms in total. The van der Waals surface area contributed by atoms with Crippen molar-refractivity contribution < 1.29 is 4.74 Å². The van der Waals surface area contributed by atoms with Gasteiger partial charge >= 0.3 is 0 Å². The number of nitrogens with zero attached hydrogens (tertiary/aromatic N) is 2. The molecule has 5 heteroatoms. The zero-order valence-corrected chi connectivity index (χ0v) is 9.96. The molecular weight excluding hydrogens is 247 g/mol. The molecule has 16 heavy (non-hydrogen) atoms. The van der Waals surface area contributed by atoms with Crippen LogP contribution in [-0.4, -0.2) is 9.97 Å². The zero-order valence-electron chi connectivity index (χ0n) is 8.45. The maximum atomic E-state index is 5.85. The Morgan fingerprint density at radius 3 is 2.12 bits per heavy atom. The fourth-order valence-corrected chi connectivity index (χ4v) is 1.53. The second kappa shape index (κ2) is 4.68. The topological polar surface area (TPSA) is 35.0 Å². The highest BCUT2D eigenvalue weighted by Crippen LogP contribution is 2.32. The summed E-state index contributed by atoms with van der Waals surface area (Å²) in [7, 11) is 0. The van der Waals surface area contributed by atoms with E-state index in [1.807, 2.05) is 31.2 Å². The standard InChI is InChI=1S/C11H8Cl2N2O/c1-7-2-4-8(5-3-7)16-9-10(12)14-6-15-11(9)13/h2-6H,1H3. The van der Waals surface area contributed by atoms with Crippen molar-refractivity contribution >= 4 is 23.2 Å². The largest absolute Gasteiger partial charge is 0.451 e. The highest BCUT2D eigenvalue weighted by atomic mass is 35.5. The molecule has 1 heterocycles. The zero-order chi connectivity index (χ0) is 11.5. The van der Waals surface area contributed by atoms with Crippen LogP contribution in [0.2, 0.25) is 10.3 Å². The summed E-state index contributed by atoms with van der Waals surface area (Å²) in [6.45, 7) is 2.00. The third kappa shape index (κ3) is 2.43. The first-order chi connectivity index (χ1) is 7.66. The van der Waals surface area contributed by atoms with Gasteiger partial charge in [0.2, 0.25) is 5.75 Å². The van der Waals surface area contributed by atoms with E-state index in [9.17, 15) is 0 Å². The van der Waals surface area contributed by atoms with Crippen LogP contribution in [0.1, 0.15) is 5.56 Å². The molecule has 0 saturated heterocycles. The van der Waals surface area contributed by atoms with Gasteiger partial charge in [0.15, 0.2) is 10.3 Å². The van der Waals surface area contributed by atoms with Crippen LogP contribution < -0.4 is 4.74 Å². The second-order valence-corrected chi connectivity index (χ2v) is 3.92. The van der Waals surface area contributed by atoms with Crippen molar-refractivity contribution in [2.75, 3.05) is 0 Å². The molecule has 0 unspecified atom stereocenters. The maximum Gasteiger partial charge on any atom is 0.201 e. The Bertz CT molecular complexity index is 480. The van der Waals surface area contributed by atoms with E-state index in [1.165, 1.54) is 6.33 Å². The van der Waals surface area contributed by atoms with E-state index in [-0.39, 0.29) is 16.1 Å². The number of benzene rings is 1. The Balaban J connectivity index is 2.30. The number of hydrogen-bond acceptors (Lipinski definition) is 3. The number of ether oxygens (including phenoxy) is 1. The van der Waals surface area contributed by atoms with Gasteiger partial charge in [-0.15, -0.1) is 0 Å². The molecule has 2 rings (SSSR count). The lowest BCUT2D eigenvalue weighted by molar-refractivity contribution is 0.478. The minimum Gasteiger partial charge on any atom is -0.451 e. The molecule has 1 aromatic heterocycles. The molecule has 0 radical (unpaired) electrons. The smallest absolute Gasteiger partial charge is 0.201 e. The summed E-state index contributed by atoms with van der Waals surface area (Å²) in [5.41, 5.74) is 1.15. The predicted octanol–water partition coefficient (Wildman–Crippen LogP) is 3.88. The number of aromatic nitrogens is 2. The van der Waals surface area contributed by atoms with Crippen molar-refractivity contribution in [2.24, 2.45) is 0 Å². The number of halogens is 2. The van der Waals surface area contributed by atoms with E-state index in [2.05, 4.69) is 9.97 Å². The molecule has 0 bridgehead atoms. The highest BCUT2D eigenvalue weighted by Gasteiger charge is 2.10. The SMILES string of the molecule is Cc1ccc(Oc2c(Cl)ncnc2Cl)cc1. The maximum absolute atomic E-state index is 5.85. The first-order valence-electron chi connectivity index (χ1n) is 4.57. The molecule has 0 atom stereocenters. The predicted molar refractivity (Wildman–Crippen MR) is 63.3 cm³/mol. The highest BCUT2D eigenvalue weighted by molar-refractivity contribution is 6.35. The van der Waals surface area contributed by atoms with Gasteiger partial charge in [0.05, 0.1) is 0 Å². The van der Waals surface area contributed by atoms with Crippen molar-refractivity contribution in [1.82, 2.24) is 9.97 Å². The molecule has 0 fully saturated rings. The fourth-order valence-electron chi connectivity index (χ4n) is 1.14. The van der Waals surface area contributed by atoms with E-state index in [4.69, 9.17) is 27.9 Å². The van der Waals surface area contributed by atoms with Gasteiger partial charge in [-0.3, -0.25) is 0 Å². The van der Waals surface area contributed by atoms with E-state index in [0.29, 0.717) is 5.75 Å². The van der Waals surface area contributed by atoms with Gasteiger partial charge in [-0.05, 0) is 19.1 Å². The van der Waals surface area contributed by atoms with Crippen LogP contribution in [0.15, 0.2) is 30.6 Å². The molecule has 0 aliphatic heterocycles. The van der Waals surface area contributed by atoms with Gasteiger partial charge < -0.3 is 4.74 Å².